The van der Waals surface area contributed by atoms with Crippen molar-refractivity contribution in [2.75, 3.05) is 11.9 Å². The maximum Gasteiger partial charge on any atom is 0.251 e. The Morgan fingerprint density at radius 2 is 2.06 bits per heavy atom. The van der Waals surface area contributed by atoms with E-state index in [1.807, 2.05) is 26.2 Å². The van der Waals surface area contributed by atoms with Gasteiger partial charge in [-0.1, -0.05) is 13.8 Å². The molecule has 100 valence electrons. The van der Waals surface area contributed by atoms with Crippen LogP contribution in [0.5, 0.6) is 0 Å². The number of amides is 2. The van der Waals surface area contributed by atoms with E-state index < -0.39 is 6.04 Å². The van der Waals surface area contributed by atoms with Crippen LogP contribution in [-0.4, -0.2) is 29.9 Å². The van der Waals surface area contributed by atoms with Crippen LogP contribution in [0.1, 0.15) is 26.5 Å². The molecule has 0 radical (unpaired) electrons. The van der Waals surface area contributed by atoms with E-state index in [1.165, 1.54) is 23.2 Å². The number of anilines is 1. The van der Waals surface area contributed by atoms with Crippen molar-refractivity contribution in [2.45, 2.75) is 33.7 Å². The molecule has 0 saturated carbocycles. The number of carbonyl (C=O) groups excluding carboxylic acids is 2. The third-order valence-corrected chi connectivity index (χ3v) is 3.55. The van der Waals surface area contributed by atoms with Crippen molar-refractivity contribution in [1.82, 2.24) is 10.3 Å². The van der Waals surface area contributed by atoms with Gasteiger partial charge in [0, 0.05) is 19.4 Å². The second kappa shape index (κ2) is 5.95. The topological polar surface area (TPSA) is 62.3 Å². The van der Waals surface area contributed by atoms with Crippen LogP contribution in [0, 0.1) is 12.8 Å². The Labute approximate surface area is 111 Å². The van der Waals surface area contributed by atoms with Crippen LogP contribution < -0.4 is 10.2 Å². The van der Waals surface area contributed by atoms with E-state index in [1.54, 1.807) is 7.05 Å². The number of carbonyl (C=O) groups is 2. The summed E-state index contributed by atoms with van der Waals surface area (Å²) in [5, 5.41) is 5.22. The lowest BCUT2D eigenvalue weighted by Gasteiger charge is -2.25. The van der Waals surface area contributed by atoms with Gasteiger partial charge in [0.1, 0.15) is 6.04 Å². The lowest BCUT2D eigenvalue weighted by Crippen LogP contribution is -2.49. The lowest BCUT2D eigenvalue weighted by atomic mass is 10.0. The second-order valence-electron chi connectivity index (χ2n) is 4.59. The fraction of sp³-hybridized carbons (Fsp3) is 0.583. The normalized spacial score (nSPS) is 12.3. The van der Waals surface area contributed by atoms with Gasteiger partial charge in [0.25, 0.3) is 5.91 Å². The highest BCUT2D eigenvalue weighted by molar-refractivity contribution is 7.14. The minimum atomic E-state index is -0.517. The van der Waals surface area contributed by atoms with Crippen LogP contribution in [0.3, 0.4) is 0 Å². The molecule has 5 nitrogen and oxygen atoms in total. The predicted molar refractivity (Wildman–Crippen MR) is 72.7 cm³/mol. The number of nitrogens with one attached hydrogen (secondary N) is 1. The summed E-state index contributed by atoms with van der Waals surface area (Å²) in [7, 11) is 1.68. The van der Waals surface area contributed by atoms with Crippen LogP contribution in [0.2, 0.25) is 0 Å². The standard InChI is InChI=1S/C12H19N3O2S/c1-7(2)10(14-9(4)16)11(17)15(5)12-13-8(3)6-18-12/h6-7,10H,1-5H3,(H,14,16). The number of rotatable bonds is 4. The van der Waals surface area contributed by atoms with Crippen LogP contribution in [0.15, 0.2) is 5.38 Å². The molecule has 1 aromatic heterocycles. The molecule has 0 aliphatic rings. The highest BCUT2D eigenvalue weighted by Gasteiger charge is 2.27. The smallest absolute Gasteiger partial charge is 0.251 e. The summed E-state index contributed by atoms with van der Waals surface area (Å²) < 4.78 is 0. The fourth-order valence-electron chi connectivity index (χ4n) is 1.53. The average Bonchev–Trinajstić information content (AvgIpc) is 2.70. The molecule has 1 aromatic rings. The van der Waals surface area contributed by atoms with E-state index in [0.717, 1.165) is 5.69 Å². The first-order valence-electron chi connectivity index (χ1n) is 5.79. The monoisotopic (exact) mass is 269 g/mol. The van der Waals surface area contributed by atoms with Crippen molar-refractivity contribution in [1.29, 1.82) is 0 Å². The quantitative estimate of drug-likeness (QED) is 0.902. The molecule has 18 heavy (non-hydrogen) atoms. The number of hydrogen-bond donors (Lipinski definition) is 1. The largest absolute Gasteiger partial charge is 0.344 e. The summed E-state index contributed by atoms with van der Waals surface area (Å²) in [6, 6.07) is -0.517. The van der Waals surface area contributed by atoms with Crippen molar-refractivity contribution < 1.29 is 9.59 Å². The van der Waals surface area contributed by atoms with E-state index in [4.69, 9.17) is 0 Å². The molecule has 0 spiro atoms. The van der Waals surface area contributed by atoms with E-state index >= 15 is 0 Å². The van der Waals surface area contributed by atoms with Crippen molar-refractivity contribution in [3.05, 3.63) is 11.1 Å². The molecule has 0 saturated heterocycles. The molecule has 1 heterocycles. The van der Waals surface area contributed by atoms with Gasteiger partial charge in [0.2, 0.25) is 5.91 Å². The maximum atomic E-state index is 12.3. The van der Waals surface area contributed by atoms with E-state index in [2.05, 4.69) is 10.3 Å². The Morgan fingerprint density at radius 3 is 2.44 bits per heavy atom. The summed E-state index contributed by atoms with van der Waals surface area (Å²) in [4.78, 5) is 29.2. The van der Waals surface area contributed by atoms with Crippen molar-refractivity contribution >= 4 is 28.3 Å². The molecule has 0 aliphatic heterocycles. The van der Waals surface area contributed by atoms with Gasteiger partial charge in [-0.05, 0) is 12.8 Å². The summed E-state index contributed by atoms with van der Waals surface area (Å²) in [6.07, 6.45) is 0. The van der Waals surface area contributed by atoms with E-state index in [9.17, 15) is 9.59 Å². The van der Waals surface area contributed by atoms with Crippen LogP contribution in [0.4, 0.5) is 5.13 Å². The van der Waals surface area contributed by atoms with Gasteiger partial charge >= 0.3 is 0 Å². The van der Waals surface area contributed by atoms with Crippen molar-refractivity contribution in [3.63, 3.8) is 0 Å². The molecule has 1 rings (SSSR count). The fourth-order valence-corrected chi connectivity index (χ4v) is 2.30. The van der Waals surface area contributed by atoms with Crippen LogP contribution >= 0.6 is 11.3 Å². The molecule has 0 fully saturated rings. The van der Waals surface area contributed by atoms with E-state index in [0.29, 0.717) is 5.13 Å². The first kappa shape index (κ1) is 14.6. The number of aromatic nitrogens is 1. The first-order chi connectivity index (χ1) is 8.32. The zero-order valence-corrected chi connectivity index (χ0v) is 12.2. The summed E-state index contributed by atoms with van der Waals surface area (Å²) in [6.45, 7) is 7.10. The number of thiazole rings is 1. The average molecular weight is 269 g/mol. The molecular weight excluding hydrogens is 250 g/mol. The summed E-state index contributed by atoms with van der Waals surface area (Å²) >= 11 is 1.42. The number of likely N-dealkylation sites (N-methyl/N-ethyl adjacent to an activating group) is 1. The first-order valence-corrected chi connectivity index (χ1v) is 6.67. The van der Waals surface area contributed by atoms with Gasteiger partial charge in [-0.15, -0.1) is 11.3 Å². The van der Waals surface area contributed by atoms with Crippen LogP contribution in [0.25, 0.3) is 0 Å². The Kier molecular flexibility index (Phi) is 4.84. The Bertz CT molecular complexity index is 442. The van der Waals surface area contributed by atoms with Crippen molar-refractivity contribution in [2.24, 2.45) is 5.92 Å². The molecule has 1 atom stereocenters. The molecule has 0 aromatic carbocycles. The molecule has 6 heteroatoms. The highest BCUT2D eigenvalue weighted by atomic mass is 32.1. The summed E-state index contributed by atoms with van der Waals surface area (Å²) in [5.41, 5.74) is 0.885. The lowest BCUT2D eigenvalue weighted by molar-refractivity contribution is -0.127. The Balaban J connectivity index is 2.85. The van der Waals surface area contributed by atoms with Gasteiger partial charge < -0.3 is 5.32 Å². The Morgan fingerprint density at radius 1 is 1.44 bits per heavy atom. The number of aryl methyl sites for hydroxylation is 1. The second-order valence-corrected chi connectivity index (χ2v) is 5.43. The SMILES string of the molecule is CC(=O)NC(C(=O)N(C)c1nc(C)cs1)C(C)C. The zero-order chi connectivity index (χ0) is 13.9. The van der Waals surface area contributed by atoms with Gasteiger partial charge in [0.05, 0.1) is 5.69 Å². The molecular formula is C12H19N3O2S. The highest BCUT2D eigenvalue weighted by Crippen LogP contribution is 2.20. The molecule has 1 N–H and O–H groups in total. The Hall–Kier alpha value is -1.43. The molecule has 2 amide bonds. The van der Waals surface area contributed by atoms with Gasteiger partial charge in [-0.3, -0.25) is 14.5 Å². The third kappa shape index (κ3) is 3.53. The number of hydrogen-bond acceptors (Lipinski definition) is 4. The zero-order valence-electron chi connectivity index (χ0n) is 11.4. The van der Waals surface area contributed by atoms with E-state index in [-0.39, 0.29) is 17.7 Å². The van der Waals surface area contributed by atoms with Gasteiger partial charge in [-0.2, -0.15) is 0 Å². The molecule has 0 aliphatic carbocycles. The predicted octanol–water partition coefficient (Wildman–Crippen LogP) is 1.58. The summed E-state index contributed by atoms with van der Waals surface area (Å²) in [5.74, 6) is -0.315. The minimum Gasteiger partial charge on any atom is -0.344 e. The molecule has 1 unspecified atom stereocenters. The third-order valence-electron chi connectivity index (χ3n) is 2.52. The molecule has 0 bridgehead atoms. The van der Waals surface area contributed by atoms with Gasteiger partial charge in [-0.25, -0.2) is 4.98 Å². The minimum absolute atomic E-state index is 0.0323. The van der Waals surface area contributed by atoms with Gasteiger partial charge in [0.15, 0.2) is 5.13 Å². The maximum absolute atomic E-state index is 12.3. The van der Waals surface area contributed by atoms with Crippen LogP contribution in [-0.2, 0) is 9.59 Å². The number of nitrogens with zero attached hydrogens (tertiary/aromatic N) is 2. The van der Waals surface area contributed by atoms with Crippen molar-refractivity contribution in [3.8, 4) is 0 Å².